The van der Waals surface area contributed by atoms with Crippen molar-refractivity contribution in [2.75, 3.05) is 5.73 Å². The molecule has 1 aromatic carbocycles. The molecule has 0 aromatic heterocycles. The first-order valence-electron chi connectivity index (χ1n) is 6.03. The highest BCUT2D eigenvalue weighted by molar-refractivity contribution is 5.48. The smallest absolute Gasteiger partial charge is 0.0349 e. The molecule has 1 heteroatoms. The van der Waals surface area contributed by atoms with Gasteiger partial charge >= 0.3 is 0 Å². The standard InChI is InChI=1S/C14H23N/c1-4-11(3)10-12(5-2)13-8-6-7-9-14(13)15/h6-9,11-12H,4-5,10,15H2,1-3H3. The van der Waals surface area contributed by atoms with Gasteiger partial charge in [0.15, 0.2) is 0 Å². The highest BCUT2D eigenvalue weighted by atomic mass is 14.6. The summed E-state index contributed by atoms with van der Waals surface area (Å²) >= 11 is 0. The van der Waals surface area contributed by atoms with Gasteiger partial charge in [-0.05, 0) is 36.3 Å². The molecule has 0 saturated carbocycles. The molecule has 0 aliphatic heterocycles. The summed E-state index contributed by atoms with van der Waals surface area (Å²) in [6.45, 7) is 6.83. The van der Waals surface area contributed by atoms with Crippen LogP contribution in [0.15, 0.2) is 24.3 Å². The average Bonchev–Trinajstić information content (AvgIpc) is 2.26. The molecular formula is C14H23N. The zero-order valence-corrected chi connectivity index (χ0v) is 10.2. The lowest BCUT2D eigenvalue weighted by Gasteiger charge is -2.20. The van der Waals surface area contributed by atoms with Crippen molar-refractivity contribution >= 4 is 5.69 Å². The van der Waals surface area contributed by atoms with Gasteiger partial charge < -0.3 is 5.73 Å². The predicted molar refractivity (Wildman–Crippen MR) is 68.0 cm³/mol. The van der Waals surface area contributed by atoms with Crippen LogP contribution in [0.2, 0.25) is 0 Å². The van der Waals surface area contributed by atoms with Crippen molar-refractivity contribution in [1.29, 1.82) is 0 Å². The summed E-state index contributed by atoms with van der Waals surface area (Å²) in [6, 6.07) is 8.28. The molecule has 0 aliphatic carbocycles. The molecule has 1 aromatic rings. The third-order valence-corrected chi connectivity index (χ3v) is 3.31. The number of benzene rings is 1. The number of nitrogen functional groups attached to an aromatic ring is 1. The Bertz CT molecular complexity index is 293. The van der Waals surface area contributed by atoms with Crippen molar-refractivity contribution in [2.45, 2.75) is 46.0 Å². The summed E-state index contributed by atoms with van der Waals surface area (Å²) in [5.41, 5.74) is 8.30. The minimum absolute atomic E-state index is 0.626. The summed E-state index contributed by atoms with van der Waals surface area (Å²) < 4.78 is 0. The Morgan fingerprint density at radius 2 is 1.80 bits per heavy atom. The number of anilines is 1. The fourth-order valence-corrected chi connectivity index (χ4v) is 2.05. The van der Waals surface area contributed by atoms with Gasteiger partial charge in [0.1, 0.15) is 0 Å². The molecule has 0 radical (unpaired) electrons. The zero-order chi connectivity index (χ0) is 11.3. The maximum atomic E-state index is 6.01. The monoisotopic (exact) mass is 205 g/mol. The largest absolute Gasteiger partial charge is 0.398 e. The molecule has 0 bridgehead atoms. The Balaban J connectivity index is 2.78. The third-order valence-electron chi connectivity index (χ3n) is 3.31. The van der Waals surface area contributed by atoms with Crippen LogP contribution in [-0.4, -0.2) is 0 Å². The van der Waals surface area contributed by atoms with Crippen LogP contribution in [-0.2, 0) is 0 Å². The molecule has 0 spiro atoms. The van der Waals surface area contributed by atoms with E-state index in [0.29, 0.717) is 5.92 Å². The molecule has 0 amide bonds. The minimum atomic E-state index is 0.626. The van der Waals surface area contributed by atoms with Crippen LogP contribution in [0.4, 0.5) is 5.69 Å². The highest BCUT2D eigenvalue weighted by Gasteiger charge is 2.14. The topological polar surface area (TPSA) is 26.0 Å². The molecule has 0 saturated heterocycles. The van der Waals surface area contributed by atoms with Crippen LogP contribution in [0.1, 0.15) is 51.5 Å². The molecular weight excluding hydrogens is 182 g/mol. The number of rotatable bonds is 5. The van der Waals surface area contributed by atoms with E-state index >= 15 is 0 Å². The van der Waals surface area contributed by atoms with E-state index in [1.807, 2.05) is 12.1 Å². The first-order chi connectivity index (χ1) is 7.19. The van der Waals surface area contributed by atoms with E-state index in [-0.39, 0.29) is 0 Å². The third kappa shape index (κ3) is 3.26. The first-order valence-corrected chi connectivity index (χ1v) is 6.03. The highest BCUT2D eigenvalue weighted by Crippen LogP contribution is 2.31. The second kappa shape index (κ2) is 5.79. The lowest BCUT2D eigenvalue weighted by Crippen LogP contribution is -2.06. The lowest BCUT2D eigenvalue weighted by molar-refractivity contribution is 0.447. The van der Waals surface area contributed by atoms with Gasteiger partial charge in [0.05, 0.1) is 0 Å². The van der Waals surface area contributed by atoms with Gasteiger partial charge in [0.25, 0.3) is 0 Å². The van der Waals surface area contributed by atoms with E-state index in [9.17, 15) is 0 Å². The number of hydrogen-bond acceptors (Lipinski definition) is 1. The quantitative estimate of drug-likeness (QED) is 0.716. The fraction of sp³-hybridized carbons (Fsp3) is 0.571. The molecule has 15 heavy (non-hydrogen) atoms. The van der Waals surface area contributed by atoms with Crippen LogP contribution < -0.4 is 5.73 Å². The maximum absolute atomic E-state index is 6.01. The summed E-state index contributed by atoms with van der Waals surface area (Å²) in [5.74, 6) is 1.41. The molecule has 84 valence electrons. The second-order valence-electron chi connectivity index (χ2n) is 4.48. The molecule has 0 heterocycles. The molecule has 0 fully saturated rings. The Hall–Kier alpha value is -0.980. The molecule has 2 N–H and O–H groups in total. The van der Waals surface area contributed by atoms with E-state index in [4.69, 9.17) is 5.73 Å². The van der Waals surface area contributed by atoms with E-state index in [1.54, 1.807) is 0 Å². The van der Waals surface area contributed by atoms with Crippen LogP contribution in [0.3, 0.4) is 0 Å². The van der Waals surface area contributed by atoms with Gasteiger partial charge in [0.2, 0.25) is 0 Å². The second-order valence-corrected chi connectivity index (χ2v) is 4.48. The van der Waals surface area contributed by atoms with Gasteiger partial charge in [-0.2, -0.15) is 0 Å². The van der Waals surface area contributed by atoms with E-state index < -0.39 is 0 Å². The van der Waals surface area contributed by atoms with Gasteiger partial charge in [0, 0.05) is 5.69 Å². The molecule has 0 aliphatic rings. The maximum Gasteiger partial charge on any atom is 0.0349 e. The normalized spacial score (nSPS) is 14.9. The Morgan fingerprint density at radius 3 is 2.33 bits per heavy atom. The van der Waals surface area contributed by atoms with Crippen molar-refractivity contribution in [3.05, 3.63) is 29.8 Å². The lowest BCUT2D eigenvalue weighted by atomic mass is 9.86. The van der Waals surface area contributed by atoms with Crippen molar-refractivity contribution < 1.29 is 0 Å². The average molecular weight is 205 g/mol. The van der Waals surface area contributed by atoms with E-state index in [1.165, 1.54) is 24.8 Å². The van der Waals surface area contributed by atoms with Crippen molar-refractivity contribution in [1.82, 2.24) is 0 Å². The van der Waals surface area contributed by atoms with Crippen molar-refractivity contribution in [3.8, 4) is 0 Å². The molecule has 2 unspecified atom stereocenters. The summed E-state index contributed by atoms with van der Waals surface area (Å²) in [4.78, 5) is 0. The zero-order valence-electron chi connectivity index (χ0n) is 10.2. The van der Waals surface area contributed by atoms with E-state index in [2.05, 4.69) is 32.9 Å². The summed E-state index contributed by atoms with van der Waals surface area (Å²) in [7, 11) is 0. The molecule has 1 nitrogen and oxygen atoms in total. The van der Waals surface area contributed by atoms with Crippen molar-refractivity contribution in [2.24, 2.45) is 5.92 Å². The molecule has 1 rings (SSSR count). The Labute approximate surface area is 93.7 Å². The van der Waals surface area contributed by atoms with Gasteiger partial charge in [-0.15, -0.1) is 0 Å². The Kier molecular flexibility index (Phi) is 4.67. The minimum Gasteiger partial charge on any atom is -0.398 e. The van der Waals surface area contributed by atoms with Crippen LogP contribution >= 0.6 is 0 Å². The van der Waals surface area contributed by atoms with Crippen molar-refractivity contribution in [3.63, 3.8) is 0 Å². The van der Waals surface area contributed by atoms with Crippen LogP contribution in [0.5, 0.6) is 0 Å². The fourth-order valence-electron chi connectivity index (χ4n) is 2.05. The number of para-hydroxylation sites is 1. The SMILES string of the molecule is CCC(C)CC(CC)c1ccccc1N. The van der Waals surface area contributed by atoms with Crippen LogP contribution in [0, 0.1) is 5.92 Å². The van der Waals surface area contributed by atoms with Gasteiger partial charge in [-0.3, -0.25) is 0 Å². The summed E-state index contributed by atoms with van der Waals surface area (Å²) in [5, 5.41) is 0. The van der Waals surface area contributed by atoms with E-state index in [0.717, 1.165) is 11.6 Å². The number of nitrogens with two attached hydrogens (primary N) is 1. The Morgan fingerprint density at radius 1 is 1.13 bits per heavy atom. The van der Waals surface area contributed by atoms with Gasteiger partial charge in [-0.25, -0.2) is 0 Å². The van der Waals surface area contributed by atoms with Gasteiger partial charge in [-0.1, -0.05) is 45.4 Å². The predicted octanol–water partition coefficient (Wildman–Crippen LogP) is 4.20. The summed E-state index contributed by atoms with van der Waals surface area (Å²) in [6.07, 6.45) is 3.68. The first kappa shape index (κ1) is 12.1. The molecule has 2 atom stereocenters. The van der Waals surface area contributed by atoms with Crippen LogP contribution in [0.25, 0.3) is 0 Å². The number of hydrogen-bond donors (Lipinski definition) is 1.